The number of imidazole rings is 1. The van der Waals surface area contributed by atoms with Crippen LogP contribution >= 0.6 is 23.2 Å². The van der Waals surface area contributed by atoms with Crippen LogP contribution in [0, 0.1) is 11.8 Å². The molecule has 244 valence electrons. The minimum atomic E-state index is -4.32. The number of aromatic amines is 1. The molecule has 5 rings (SSSR count). The Morgan fingerprint density at radius 2 is 1.80 bits per heavy atom. The maximum atomic E-state index is 13.2. The van der Waals surface area contributed by atoms with Gasteiger partial charge in [-0.15, -0.1) is 0 Å². The molecule has 2 aromatic heterocycles. The Labute approximate surface area is 260 Å². The van der Waals surface area contributed by atoms with Gasteiger partial charge in [-0.3, -0.25) is 9.59 Å². The van der Waals surface area contributed by atoms with E-state index in [4.69, 9.17) is 27.9 Å². The fourth-order valence-corrected chi connectivity index (χ4v) is 5.53. The van der Waals surface area contributed by atoms with E-state index in [0.717, 1.165) is 0 Å². The molecule has 1 unspecified atom stereocenters. The van der Waals surface area contributed by atoms with Crippen molar-refractivity contribution >= 4 is 57.8 Å². The maximum Gasteiger partial charge on any atom is 0.391 e. The average molecular weight is 685 g/mol. The predicted octanol–water partition coefficient (Wildman–Crippen LogP) is 6.77. The smallest absolute Gasteiger partial charge is 0.391 e. The van der Waals surface area contributed by atoms with Crippen molar-refractivity contribution in [3.63, 3.8) is 0 Å². The lowest BCUT2D eigenvalue weighted by Crippen LogP contribution is -2.40. The van der Waals surface area contributed by atoms with E-state index in [1.165, 1.54) is 18.2 Å². The number of amides is 2. The van der Waals surface area contributed by atoms with Gasteiger partial charge in [-0.2, -0.15) is 23.1 Å². The largest absolute Gasteiger partial charge is 0.471 e. The number of hydrogen-bond donors (Lipinski definition) is 4. The normalized spacial score (nSPS) is 21.1. The van der Waals surface area contributed by atoms with Crippen molar-refractivity contribution in [3.05, 3.63) is 39.4 Å². The number of anilines is 2. The third-order valence-corrected chi connectivity index (χ3v) is 8.31. The number of aromatic nitrogens is 3. The molecule has 0 spiro atoms. The van der Waals surface area contributed by atoms with Gasteiger partial charge in [-0.05, 0) is 43.4 Å². The number of ether oxygens (including phenoxy) is 1. The zero-order valence-electron chi connectivity index (χ0n) is 23.0. The molecule has 45 heavy (non-hydrogen) atoms. The molecule has 0 bridgehead atoms. The van der Waals surface area contributed by atoms with E-state index in [2.05, 4.69) is 30.9 Å². The first-order chi connectivity index (χ1) is 21.1. The van der Waals surface area contributed by atoms with Crippen molar-refractivity contribution in [3.8, 4) is 5.88 Å². The van der Waals surface area contributed by atoms with Crippen LogP contribution in [-0.4, -0.2) is 57.9 Å². The molecule has 18 heteroatoms. The van der Waals surface area contributed by atoms with Gasteiger partial charge < -0.3 is 25.7 Å². The second-order valence-electron chi connectivity index (χ2n) is 10.8. The molecule has 3 aromatic rings. The number of pyridine rings is 1. The molecular formula is C27H25Cl2F7N6O3. The van der Waals surface area contributed by atoms with Gasteiger partial charge in [0.15, 0.2) is 12.3 Å². The Hall–Kier alpha value is -3.53. The van der Waals surface area contributed by atoms with Crippen molar-refractivity contribution in [2.24, 2.45) is 11.8 Å². The summed E-state index contributed by atoms with van der Waals surface area (Å²) >= 11 is 12.8. The van der Waals surface area contributed by atoms with Crippen molar-refractivity contribution in [2.45, 2.75) is 63.2 Å². The van der Waals surface area contributed by atoms with E-state index in [1.54, 1.807) is 0 Å². The lowest BCUT2D eigenvalue weighted by atomic mass is 9.85. The number of nitrogens with zero attached hydrogens (tertiary/aromatic N) is 2. The van der Waals surface area contributed by atoms with Crippen LogP contribution in [0.15, 0.2) is 18.2 Å². The number of carbonyl (C=O) groups is 2. The van der Waals surface area contributed by atoms with Crippen LogP contribution in [0.1, 0.15) is 48.0 Å². The summed E-state index contributed by atoms with van der Waals surface area (Å²) in [4.78, 5) is 36.3. The van der Waals surface area contributed by atoms with Gasteiger partial charge in [0.2, 0.25) is 17.7 Å². The van der Waals surface area contributed by atoms with Crippen LogP contribution in [-0.2, 0) is 11.3 Å². The van der Waals surface area contributed by atoms with Crippen LogP contribution in [0.25, 0.3) is 11.2 Å². The third-order valence-electron chi connectivity index (χ3n) is 7.56. The van der Waals surface area contributed by atoms with Gasteiger partial charge in [0.05, 0.1) is 27.2 Å². The van der Waals surface area contributed by atoms with Crippen molar-refractivity contribution in [1.29, 1.82) is 0 Å². The van der Waals surface area contributed by atoms with E-state index in [1.807, 2.05) is 0 Å². The number of H-pyrrole nitrogens is 1. The van der Waals surface area contributed by atoms with Crippen LogP contribution in [0.2, 0.25) is 10.0 Å². The number of carbonyl (C=O) groups excluding carboxylic acids is 2. The van der Waals surface area contributed by atoms with Crippen LogP contribution in [0.4, 0.5) is 42.4 Å². The Morgan fingerprint density at radius 3 is 2.42 bits per heavy atom. The second-order valence-corrected chi connectivity index (χ2v) is 11.6. The van der Waals surface area contributed by atoms with E-state index < -0.39 is 67.1 Å². The van der Waals surface area contributed by atoms with Crippen LogP contribution < -0.4 is 20.7 Å². The number of halogens is 9. The molecule has 2 fully saturated rings. The van der Waals surface area contributed by atoms with E-state index in [-0.39, 0.29) is 70.6 Å². The van der Waals surface area contributed by atoms with Gasteiger partial charge in [0.1, 0.15) is 11.5 Å². The fourth-order valence-electron chi connectivity index (χ4n) is 5.00. The van der Waals surface area contributed by atoms with E-state index >= 15 is 0 Å². The zero-order valence-corrected chi connectivity index (χ0v) is 24.5. The molecule has 0 radical (unpaired) electrons. The summed E-state index contributed by atoms with van der Waals surface area (Å²) in [6, 6.07) is 3.62. The number of fused-ring (bicyclic) bond motifs is 1. The third kappa shape index (κ3) is 7.65. The monoisotopic (exact) mass is 684 g/mol. The molecule has 1 aromatic carbocycles. The van der Waals surface area contributed by atoms with Crippen molar-refractivity contribution in [1.82, 2.24) is 25.6 Å². The minimum absolute atomic E-state index is 0.00273. The number of rotatable bonds is 10. The summed E-state index contributed by atoms with van der Waals surface area (Å²) in [7, 11) is 0. The first kappa shape index (κ1) is 32.9. The van der Waals surface area contributed by atoms with E-state index in [9.17, 15) is 40.3 Å². The number of alkyl halides is 7. The lowest BCUT2D eigenvalue weighted by Gasteiger charge is -2.30. The van der Waals surface area contributed by atoms with Crippen LogP contribution in [0.3, 0.4) is 0 Å². The molecule has 2 aliphatic carbocycles. The second kappa shape index (κ2) is 12.7. The topological polar surface area (TPSA) is 121 Å². The Balaban J connectivity index is 1.34. The van der Waals surface area contributed by atoms with Gasteiger partial charge in [-0.1, -0.05) is 29.3 Å². The summed E-state index contributed by atoms with van der Waals surface area (Å²) in [6.07, 6.45) is -7.91. The molecule has 0 saturated heterocycles. The van der Waals surface area contributed by atoms with E-state index in [0.29, 0.717) is 5.56 Å². The quantitative estimate of drug-likeness (QED) is 0.175. The molecule has 2 amide bonds. The van der Waals surface area contributed by atoms with Gasteiger partial charge in [-0.25, -0.2) is 17.6 Å². The maximum absolute atomic E-state index is 13.2. The average Bonchev–Trinajstić information content (AvgIpc) is 3.43. The Bertz CT molecular complexity index is 1600. The first-order valence-electron chi connectivity index (χ1n) is 13.7. The number of nitrogens with one attached hydrogen (secondary N) is 4. The zero-order chi connectivity index (χ0) is 32.7. The Morgan fingerprint density at radius 1 is 1.11 bits per heavy atom. The fraction of sp³-hybridized carbons (Fsp3) is 0.481. The number of benzene rings is 1. The molecule has 0 aliphatic heterocycles. The van der Waals surface area contributed by atoms with Gasteiger partial charge in [0.25, 0.3) is 18.3 Å². The highest BCUT2D eigenvalue weighted by Crippen LogP contribution is 2.48. The highest BCUT2D eigenvalue weighted by molar-refractivity contribution is 6.39. The highest BCUT2D eigenvalue weighted by atomic mass is 35.5. The summed E-state index contributed by atoms with van der Waals surface area (Å²) in [6.45, 7) is -1.25. The molecule has 9 nitrogen and oxygen atoms in total. The lowest BCUT2D eigenvalue weighted by molar-refractivity contribution is -0.182. The molecule has 4 N–H and O–H groups in total. The summed E-state index contributed by atoms with van der Waals surface area (Å²) in [5.74, 6) is -7.94. The molecule has 2 aliphatic rings. The van der Waals surface area contributed by atoms with Crippen molar-refractivity contribution < 1.29 is 45.1 Å². The first-order valence-corrected chi connectivity index (χ1v) is 14.5. The molecule has 1 atom stereocenters. The SMILES string of the molecule is O=C(N[C@H]1CC[C@H](C(F)(F)F)CC1)c1cc2[nH]c(Nc3c(Cl)ccc(CNC(=O)C4CC4(F)F)c3Cl)nc2nc1OCC(F)F. The Kier molecular flexibility index (Phi) is 9.27. The highest BCUT2D eigenvalue weighted by Gasteiger charge is 2.61. The predicted molar refractivity (Wildman–Crippen MR) is 149 cm³/mol. The summed E-state index contributed by atoms with van der Waals surface area (Å²) in [5, 5.41) is 8.06. The molecule has 2 heterocycles. The standard InChI is InChI=1S/C27H25Cl2F7N6O3/c28-16-6-1-11(9-37-23(44)15-8-26(15,32)33)19(29)20(16)40-25-39-17-7-14(24(41-21(17)42-25)45-10-18(30)31)22(43)38-13-4-2-12(3-5-13)27(34,35)36/h1,6-7,12-13,15,18H,2-5,8-10H2,(H,37,44)(H,38,43)(H2,39,40,41,42)/t12-,13-,15?. The molecule has 2 saturated carbocycles. The summed E-state index contributed by atoms with van der Waals surface area (Å²) < 4.78 is 96.4. The molecular weight excluding hydrogens is 660 g/mol. The van der Waals surface area contributed by atoms with Crippen molar-refractivity contribution in [2.75, 3.05) is 11.9 Å². The van der Waals surface area contributed by atoms with Gasteiger partial charge >= 0.3 is 6.18 Å². The van der Waals surface area contributed by atoms with Gasteiger partial charge in [0, 0.05) is 19.0 Å². The number of hydrogen-bond acceptors (Lipinski definition) is 6. The summed E-state index contributed by atoms with van der Waals surface area (Å²) in [5.41, 5.74) is 0.341. The van der Waals surface area contributed by atoms with Crippen LogP contribution in [0.5, 0.6) is 5.88 Å². The minimum Gasteiger partial charge on any atom is -0.471 e.